The van der Waals surface area contributed by atoms with E-state index in [0.717, 1.165) is 27.8 Å². The van der Waals surface area contributed by atoms with Crippen LogP contribution in [0.5, 0.6) is 0 Å². The Balaban J connectivity index is 1.98. The fraction of sp³-hybridized carbons (Fsp3) is 0.357. The summed E-state index contributed by atoms with van der Waals surface area (Å²) in [4.78, 5) is 0. The standard InChI is InChI=1S/C14H17BrFN3/c1-3-12-14(15)13(19(2)18-12)9-17-8-10-5-4-6-11(16)7-10/h4-7,17H,3,8-9H2,1-2H3. The molecule has 1 N–H and O–H groups in total. The topological polar surface area (TPSA) is 29.9 Å². The van der Waals surface area contributed by atoms with Gasteiger partial charge in [0.2, 0.25) is 0 Å². The van der Waals surface area contributed by atoms with E-state index in [1.165, 1.54) is 6.07 Å². The highest BCUT2D eigenvalue weighted by atomic mass is 79.9. The first-order valence-electron chi connectivity index (χ1n) is 6.27. The van der Waals surface area contributed by atoms with Crippen molar-refractivity contribution in [3.8, 4) is 0 Å². The number of rotatable bonds is 5. The summed E-state index contributed by atoms with van der Waals surface area (Å²) in [7, 11) is 1.93. The Morgan fingerprint density at radius 1 is 1.37 bits per heavy atom. The summed E-state index contributed by atoms with van der Waals surface area (Å²) < 4.78 is 16.0. The molecule has 0 radical (unpaired) electrons. The van der Waals surface area contributed by atoms with E-state index in [1.54, 1.807) is 12.1 Å². The smallest absolute Gasteiger partial charge is 0.123 e. The molecule has 0 saturated carbocycles. The van der Waals surface area contributed by atoms with Crippen molar-refractivity contribution < 1.29 is 4.39 Å². The Hall–Kier alpha value is -1.20. The molecule has 102 valence electrons. The third-order valence-corrected chi connectivity index (χ3v) is 3.93. The van der Waals surface area contributed by atoms with Crippen LogP contribution in [0.3, 0.4) is 0 Å². The van der Waals surface area contributed by atoms with Gasteiger partial charge < -0.3 is 5.32 Å². The normalized spacial score (nSPS) is 10.9. The number of aryl methyl sites for hydroxylation is 2. The van der Waals surface area contributed by atoms with Crippen LogP contribution in [0.4, 0.5) is 4.39 Å². The van der Waals surface area contributed by atoms with E-state index in [9.17, 15) is 4.39 Å². The summed E-state index contributed by atoms with van der Waals surface area (Å²) in [6.45, 7) is 3.41. The first-order valence-corrected chi connectivity index (χ1v) is 7.06. The zero-order valence-corrected chi connectivity index (χ0v) is 12.7. The highest BCUT2D eigenvalue weighted by Gasteiger charge is 2.11. The predicted molar refractivity (Wildman–Crippen MR) is 77.2 cm³/mol. The SMILES string of the molecule is CCc1nn(C)c(CNCc2cccc(F)c2)c1Br. The fourth-order valence-corrected chi connectivity index (χ4v) is 2.74. The van der Waals surface area contributed by atoms with Crippen LogP contribution in [0.25, 0.3) is 0 Å². The lowest BCUT2D eigenvalue weighted by atomic mass is 10.2. The van der Waals surface area contributed by atoms with E-state index in [4.69, 9.17) is 0 Å². The Morgan fingerprint density at radius 3 is 2.79 bits per heavy atom. The van der Waals surface area contributed by atoms with Gasteiger partial charge in [-0.25, -0.2) is 4.39 Å². The van der Waals surface area contributed by atoms with E-state index in [0.29, 0.717) is 13.1 Å². The van der Waals surface area contributed by atoms with Crippen LogP contribution in [0.1, 0.15) is 23.9 Å². The molecule has 0 unspecified atom stereocenters. The molecular weight excluding hydrogens is 309 g/mol. The maximum absolute atomic E-state index is 13.0. The number of benzene rings is 1. The van der Waals surface area contributed by atoms with Gasteiger partial charge in [0.25, 0.3) is 0 Å². The minimum Gasteiger partial charge on any atom is -0.307 e. The van der Waals surface area contributed by atoms with Crippen molar-refractivity contribution in [3.05, 3.63) is 51.5 Å². The van der Waals surface area contributed by atoms with E-state index in [-0.39, 0.29) is 5.82 Å². The average molecular weight is 326 g/mol. The Kier molecular flexibility index (Phi) is 4.71. The number of hydrogen-bond donors (Lipinski definition) is 1. The first-order chi connectivity index (χ1) is 9.11. The molecule has 0 atom stereocenters. The molecule has 0 aliphatic carbocycles. The summed E-state index contributed by atoms with van der Waals surface area (Å²) in [5.74, 6) is -0.200. The van der Waals surface area contributed by atoms with Crippen LogP contribution >= 0.6 is 15.9 Å². The van der Waals surface area contributed by atoms with Crippen molar-refractivity contribution in [2.45, 2.75) is 26.4 Å². The lowest BCUT2D eigenvalue weighted by molar-refractivity contribution is 0.608. The van der Waals surface area contributed by atoms with Gasteiger partial charge in [0.15, 0.2) is 0 Å². The maximum atomic E-state index is 13.0. The zero-order valence-electron chi connectivity index (χ0n) is 11.1. The van der Waals surface area contributed by atoms with Crippen LogP contribution in [0, 0.1) is 5.82 Å². The number of aromatic nitrogens is 2. The molecule has 0 aliphatic heterocycles. The van der Waals surface area contributed by atoms with Gasteiger partial charge in [0.05, 0.1) is 15.9 Å². The Labute approximate surface area is 121 Å². The van der Waals surface area contributed by atoms with Gasteiger partial charge in [-0.3, -0.25) is 4.68 Å². The van der Waals surface area contributed by atoms with E-state index in [1.807, 2.05) is 17.8 Å². The number of halogens is 2. The predicted octanol–water partition coefficient (Wildman–Crippen LogP) is 3.17. The van der Waals surface area contributed by atoms with Crippen molar-refractivity contribution in [1.82, 2.24) is 15.1 Å². The molecule has 5 heteroatoms. The van der Waals surface area contributed by atoms with Crippen LogP contribution in [0.15, 0.2) is 28.7 Å². The summed E-state index contributed by atoms with van der Waals surface area (Å²) in [6, 6.07) is 6.63. The van der Waals surface area contributed by atoms with Gasteiger partial charge >= 0.3 is 0 Å². The molecule has 2 rings (SSSR count). The second-order valence-electron chi connectivity index (χ2n) is 4.42. The summed E-state index contributed by atoms with van der Waals surface area (Å²) >= 11 is 3.58. The second-order valence-corrected chi connectivity index (χ2v) is 5.21. The molecule has 1 heterocycles. The van der Waals surface area contributed by atoms with Gasteiger partial charge in [-0.15, -0.1) is 0 Å². The molecule has 1 aromatic heterocycles. The van der Waals surface area contributed by atoms with Crippen LogP contribution in [-0.2, 0) is 26.6 Å². The molecular formula is C14H17BrFN3. The molecule has 1 aromatic carbocycles. The maximum Gasteiger partial charge on any atom is 0.123 e. The van der Waals surface area contributed by atoms with Crippen molar-refractivity contribution in [1.29, 1.82) is 0 Å². The van der Waals surface area contributed by atoms with Crippen molar-refractivity contribution in [2.24, 2.45) is 7.05 Å². The number of nitrogens with zero attached hydrogens (tertiary/aromatic N) is 2. The van der Waals surface area contributed by atoms with E-state index in [2.05, 4.69) is 33.3 Å². The highest BCUT2D eigenvalue weighted by Crippen LogP contribution is 2.21. The van der Waals surface area contributed by atoms with Crippen molar-refractivity contribution in [3.63, 3.8) is 0 Å². The third-order valence-electron chi connectivity index (χ3n) is 3.01. The molecule has 0 bridgehead atoms. The number of nitrogens with one attached hydrogen (secondary N) is 1. The monoisotopic (exact) mass is 325 g/mol. The van der Waals surface area contributed by atoms with Crippen LogP contribution in [0.2, 0.25) is 0 Å². The first kappa shape index (κ1) is 14.2. The molecule has 3 nitrogen and oxygen atoms in total. The van der Waals surface area contributed by atoms with Crippen LogP contribution < -0.4 is 5.32 Å². The van der Waals surface area contributed by atoms with Gasteiger partial charge in [0.1, 0.15) is 5.82 Å². The van der Waals surface area contributed by atoms with E-state index < -0.39 is 0 Å². The average Bonchev–Trinajstić information content (AvgIpc) is 2.66. The molecule has 19 heavy (non-hydrogen) atoms. The highest BCUT2D eigenvalue weighted by molar-refractivity contribution is 9.10. The van der Waals surface area contributed by atoms with Crippen molar-refractivity contribution >= 4 is 15.9 Å². The van der Waals surface area contributed by atoms with Gasteiger partial charge in [0, 0.05) is 20.1 Å². The second kappa shape index (κ2) is 6.30. The molecule has 0 spiro atoms. The lowest BCUT2D eigenvalue weighted by Gasteiger charge is -2.06. The number of hydrogen-bond acceptors (Lipinski definition) is 2. The quantitative estimate of drug-likeness (QED) is 0.915. The van der Waals surface area contributed by atoms with E-state index >= 15 is 0 Å². The zero-order chi connectivity index (χ0) is 13.8. The van der Waals surface area contributed by atoms with Gasteiger partial charge in [-0.2, -0.15) is 5.10 Å². The fourth-order valence-electron chi connectivity index (χ4n) is 1.98. The molecule has 0 saturated heterocycles. The Morgan fingerprint density at radius 2 is 2.16 bits per heavy atom. The molecule has 0 aliphatic rings. The van der Waals surface area contributed by atoms with Gasteiger partial charge in [-0.1, -0.05) is 19.1 Å². The largest absolute Gasteiger partial charge is 0.307 e. The summed E-state index contributed by atoms with van der Waals surface area (Å²) in [5, 5.41) is 7.74. The molecule has 0 amide bonds. The Bertz CT molecular complexity index is 566. The minimum atomic E-state index is -0.200. The third kappa shape index (κ3) is 3.42. The van der Waals surface area contributed by atoms with Crippen LogP contribution in [-0.4, -0.2) is 9.78 Å². The molecule has 2 aromatic rings. The van der Waals surface area contributed by atoms with Gasteiger partial charge in [-0.05, 0) is 40.0 Å². The summed E-state index contributed by atoms with van der Waals surface area (Å²) in [5.41, 5.74) is 3.10. The summed E-state index contributed by atoms with van der Waals surface area (Å²) in [6.07, 6.45) is 0.901. The lowest BCUT2D eigenvalue weighted by Crippen LogP contribution is -2.15. The van der Waals surface area contributed by atoms with Crippen molar-refractivity contribution in [2.75, 3.05) is 0 Å². The minimum absolute atomic E-state index is 0.200. The molecule has 0 fully saturated rings.